The van der Waals surface area contributed by atoms with Crippen molar-refractivity contribution in [2.45, 2.75) is 39.1 Å². The standard InChI is InChI=1S/C10H16O4/c1-10(2,3)14-9(12)5-8-4-7(11)6-13-8/h4,6,9,11-12H,5H2,1-3H3. The average Bonchev–Trinajstić information content (AvgIpc) is 2.30. The third kappa shape index (κ3) is 3.81. The van der Waals surface area contributed by atoms with Gasteiger partial charge in [-0.25, -0.2) is 0 Å². The van der Waals surface area contributed by atoms with Crippen molar-refractivity contribution in [3.63, 3.8) is 0 Å². The zero-order chi connectivity index (χ0) is 10.8. The van der Waals surface area contributed by atoms with Crippen LogP contribution in [0.3, 0.4) is 0 Å². The minimum Gasteiger partial charge on any atom is -0.505 e. The molecule has 4 heteroatoms. The lowest BCUT2D eigenvalue weighted by molar-refractivity contribution is -0.165. The lowest BCUT2D eigenvalue weighted by Gasteiger charge is -2.23. The van der Waals surface area contributed by atoms with E-state index in [-0.39, 0.29) is 12.2 Å². The molecule has 14 heavy (non-hydrogen) atoms. The maximum atomic E-state index is 9.48. The first-order valence-corrected chi connectivity index (χ1v) is 4.49. The first kappa shape index (κ1) is 11.1. The highest BCUT2D eigenvalue weighted by molar-refractivity contribution is 5.17. The highest BCUT2D eigenvalue weighted by Gasteiger charge is 2.18. The van der Waals surface area contributed by atoms with E-state index in [2.05, 4.69) is 0 Å². The highest BCUT2D eigenvalue weighted by atomic mass is 16.6. The summed E-state index contributed by atoms with van der Waals surface area (Å²) in [5, 5.41) is 18.5. The Morgan fingerprint density at radius 2 is 2.14 bits per heavy atom. The molecule has 1 heterocycles. The largest absolute Gasteiger partial charge is 0.505 e. The SMILES string of the molecule is CC(C)(C)OC(O)Cc1cc(O)co1. The quantitative estimate of drug-likeness (QED) is 0.728. The summed E-state index contributed by atoms with van der Waals surface area (Å²) in [4.78, 5) is 0. The van der Waals surface area contributed by atoms with Crippen molar-refractivity contribution >= 4 is 0 Å². The Balaban J connectivity index is 2.45. The van der Waals surface area contributed by atoms with Gasteiger partial charge in [0, 0.05) is 6.07 Å². The smallest absolute Gasteiger partial charge is 0.162 e. The number of rotatable bonds is 3. The van der Waals surface area contributed by atoms with Gasteiger partial charge in [-0.3, -0.25) is 0 Å². The monoisotopic (exact) mass is 200 g/mol. The Morgan fingerprint density at radius 3 is 2.57 bits per heavy atom. The van der Waals surface area contributed by atoms with Crippen LogP contribution in [-0.2, 0) is 11.2 Å². The molecule has 1 aromatic heterocycles. The van der Waals surface area contributed by atoms with Gasteiger partial charge in [0.05, 0.1) is 12.0 Å². The molecule has 1 atom stereocenters. The van der Waals surface area contributed by atoms with Crippen molar-refractivity contribution in [2.75, 3.05) is 0 Å². The van der Waals surface area contributed by atoms with Gasteiger partial charge in [-0.2, -0.15) is 0 Å². The summed E-state index contributed by atoms with van der Waals surface area (Å²) in [5.41, 5.74) is -0.395. The molecule has 0 bridgehead atoms. The van der Waals surface area contributed by atoms with Crippen LogP contribution in [0.4, 0.5) is 0 Å². The van der Waals surface area contributed by atoms with Gasteiger partial charge < -0.3 is 19.4 Å². The van der Waals surface area contributed by atoms with Gasteiger partial charge in [0.25, 0.3) is 0 Å². The number of ether oxygens (including phenoxy) is 1. The van der Waals surface area contributed by atoms with Gasteiger partial charge in [0.1, 0.15) is 12.0 Å². The Hall–Kier alpha value is -1.00. The van der Waals surface area contributed by atoms with Crippen LogP contribution in [0.1, 0.15) is 26.5 Å². The van der Waals surface area contributed by atoms with Gasteiger partial charge in [-0.15, -0.1) is 0 Å². The molecule has 0 saturated carbocycles. The molecule has 0 amide bonds. The maximum Gasteiger partial charge on any atom is 0.162 e. The topological polar surface area (TPSA) is 62.8 Å². The second kappa shape index (κ2) is 4.02. The van der Waals surface area contributed by atoms with E-state index < -0.39 is 11.9 Å². The summed E-state index contributed by atoms with van der Waals surface area (Å²) < 4.78 is 10.2. The number of aliphatic hydroxyl groups excluding tert-OH is 1. The molecule has 80 valence electrons. The van der Waals surface area contributed by atoms with Crippen LogP contribution in [0.15, 0.2) is 16.7 Å². The molecule has 0 radical (unpaired) electrons. The van der Waals surface area contributed by atoms with Crippen LogP contribution < -0.4 is 0 Å². The molecule has 4 nitrogen and oxygen atoms in total. The van der Waals surface area contributed by atoms with E-state index in [0.717, 1.165) is 0 Å². The van der Waals surface area contributed by atoms with Gasteiger partial charge in [0.2, 0.25) is 0 Å². The fourth-order valence-electron chi connectivity index (χ4n) is 1.10. The molecule has 0 aliphatic carbocycles. The van der Waals surface area contributed by atoms with Crippen LogP contribution in [0.25, 0.3) is 0 Å². The maximum absolute atomic E-state index is 9.48. The molecule has 0 spiro atoms. The van der Waals surface area contributed by atoms with Crippen LogP contribution in [0.2, 0.25) is 0 Å². The molecule has 1 unspecified atom stereocenters. The molecule has 0 aromatic carbocycles. The third-order valence-corrected chi connectivity index (χ3v) is 1.51. The van der Waals surface area contributed by atoms with E-state index in [9.17, 15) is 5.11 Å². The van der Waals surface area contributed by atoms with Crippen molar-refractivity contribution in [1.82, 2.24) is 0 Å². The second-order valence-corrected chi connectivity index (χ2v) is 4.16. The van der Waals surface area contributed by atoms with Crippen LogP contribution in [-0.4, -0.2) is 22.1 Å². The normalized spacial score (nSPS) is 14.3. The zero-order valence-corrected chi connectivity index (χ0v) is 8.65. The van der Waals surface area contributed by atoms with E-state index in [1.807, 2.05) is 20.8 Å². The second-order valence-electron chi connectivity index (χ2n) is 4.16. The number of aliphatic hydroxyl groups is 1. The Kier molecular flexibility index (Phi) is 3.18. The molecule has 1 aromatic rings. The lowest BCUT2D eigenvalue weighted by atomic mass is 10.2. The summed E-state index contributed by atoms with van der Waals surface area (Å²) in [5.74, 6) is 0.558. The molecule has 0 aliphatic rings. The molecule has 0 aliphatic heterocycles. The van der Waals surface area contributed by atoms with Crippen molar-refractivity contribution in [1.29, 1.82) is 0 Å². The van der Waals surface area contributed by atoms with E-state index in [4.69, 9.17) is 14.3 Å². The predicted molar refractivity (Wildman–Crippen MR) is 50.9 cm³/mol. The van der Waals surface area contributed by atoms with E-state index in [1.165, 1.54) is 12.3 Å². The Morgan fingerprint density at radius 1 is 1.50 bits per heavy atom. The van der Waals surface area contributed by atoms with Crippen molar-refractivity contribution in [3.8, 4) is 5.75 Å². The molecule has 0 saturated heterocycles. The van der Waals surface area contributed by atoms with Gasteiger partial charge in [0.15, 0.2) is 12.0 Å². The number of hydrogen-bond acceptors (Lipinski definition) is 4. The Bertz CT molecular complexity index is 285. The molecule has 0 fully saturated rings. The molecule has 1 rings (SSSR count). The van der Waals surface area contributed by atoms with Crippen molar-refractivity contribution in [2.24, 2.45) is 0 Å². The number of hydrogen-bond donors (Lipinski definition) is 2. The minimum absolute atomic E-state index is 0.0583. The summed E-state index contributed by atoms with van der Waals surface area (Å²) in [7, 11) is 0. The van der Waals surface area contributed by atoms with Crippen LogP contribution in [0, 0.1) is 0 Å². The van der Waals surface area contributed by atoms with Gasteiger partial charge in [-0.1, -0.05) is 0 Å². The molecular weight excluding hydrogens is 184 g/mol. The first-order chi connectivity index (χ1) is 6.37. The van der Waals surface area contributed by atoms with E-state index in [1.54, 1.807) is 0 Å². The number of aromatic hydroxyl groups is 1. The highest BCUT2D eigenvalue weighted by Crippen LogP contribution is 2.17. The minimum atomic E-state index is -0.916. The summed E-state index contributed by atoms with van der Waals surface area (Å²) in [6.45, 7) is 5.57. The van der Waals surface area contributed by atoms with E-state index in [0.29, 0.717) is 5.76 Å². The predicted octanol–water partition coefficient (Wildman–Crippen LogP) is 1.66. The fraction of sp³-hybridized carbons (Fsp3) is 0.600. The third-order valence-electron chi connectivity index (χ3n) is 1.51. The summed E-state index contributed by atoms with van der Waals surface area (Å²) >= 11 is 0. The summed E-state index contributed by atoms with van der Waals surface area (Å²) in [6.07, 6.45) is 0.539. The average molecular weight is 200 g/mol. The van der Waals surface area contributed by atoms with Gasteiger partial charge in [-0.05, 0) is 20.8 Å². The zero-order valence-electron chi connectivity index (χ0n) is 8.65. The lowest BCUT2D eigenvalue weighted by Crippen LogP contribution is -2.28. The summed E-state index contributed by atoms with van der Waals surface area (Å²) in [6, 6.07) is 1.45. The van der Waals surface area contributed by atoms with Gasteiger partial charge >= 0.3 is 0 Å². The van der Waals surface area contributed by atoms with E-state index >= 15 is 0 Å². The Labute approximate surface area is 83.1 Å². The van der Waals surface area contributed by atoms with Crippen LogP contribution >= 0.6 is 0 Å². The number of furan rings is 1. The fourth-order valence-corrected chi connectivity index (χ4v) is 1.10. The van der Waals surface area contributed by atoms with Crippen molar-refractivity contribution in [3.05, 3.63) is 18.1 Å². The first-order valence-electron chi connectivity index (χ1n) is 4.49. The molecule has 2 N–H and O–H groups in total. The van der Waals surface area contributed by atoms with Crippen LogP contribution in [0.5, 0.6) is 5.75 Å². The van der Waals surface area contributed by atoms with Crippen molar-refractivity contribution < 1.29 is 19.4 Å². The molecular formula is C10H16O4.